The molecule has 1 heterocycles. The second kappa shape index (κ2) is 7.79. The van der Waals surface area contributed by atoms with E-state index in [1.807, 2.05) is 24.3 Å². The Morgan fingerprint density at radius 3 is 2.42 bits per heavy atom. The third kappa shape index (κ3) is 4.46. The van der Waals surface area contributed by atoms with Crippen LogP contribution in [0.15, 0.2) is 48.5 Å². The summed E-state index contributed by atoms with van der Waals surface area (Å²) in [7, 11) is 0. The van der Waals surface area contributed by atoms with Gasteiger partial charge in [-0.1, -0.05) is 24.3 Å². The maximum atomic E-state index is 11.3. The zero-order valence-electron chi connectivity index (χ0n) is 13.6. The molecule has 2 N–H and O–H groups in total. The molecule has 3 rings (SSSR count). The second-order valence-corrected chi connectivity index (χ2v) is 6.51. The van der Waals surface area contributed by atoms with Crippen LogP contribution in [-0.2, 0) is 9.59 Å². The van der Waals surface area contributed by atoms with Crippen LogP contribution in [0.4, 0.5) is 0 Å². The summed E-state index contributed by atoms with van der Waals surface area (Å²) in [6, 6.07) is 14.4. The van der Waals surface area contributed by atoms with Crippen molar-refractivity contribution >= 4 is 45.1 Å². The molecule has 0 bridgehead atoms. The van der Waals surface area contributed by atoms with Gasteiger partial charge in [0.2, 0.25) is 0 Å². The van der Waals surface area contributed by atoms with Gasteiger partial charge in [-0.25, -0.2) is 9.78 Å². The lowest BCUT2D eigenvalue weighted by Crippen LogP contribution is -2.09. The van der Waals surface area contributed by atoms with Gasteiger partial charge in [-0.05, 0) is 41.5 Å². The van der Waals surface area contributed by atoms with E-state index in [0.29, 0.717) is 16.3 Å². The smallest absolute Gasteiger partial charge is 0.341 e. The molecular formula is C19H15NO5S. The van der Waals surface area contributed by atoms with Crippen LogP contribution in [0.3, 0.4) is 0 Å². The fourth-order valence-electron chi connectivity index (χ4n) is 2.37. The number of rotatable bonds is 7. The number of benzene rings is 2. The monoisotopic (exact) mass is 369 g/mol. The summed E-state index contributed by atoms with van der Waals surface area (Å²) in [4.78, 5) is 26.3. The highest BCUT2D eigenvalue weighted by Crippen LogP contribution is 2.30. The molecule has 0 saturated carbocycles. The van der Waals surface area contributed by atoms with Crippen LogP contribution in [0.1, 0.15) is 17.0 Å². The molecule has 7 heteroatoms. The number of fused-ring (bicyclic) bond motifs is 1. The summed E-state index contributed by atoms with van der Waals surface area (Å²) >= 11 is 1.45. The van der Waals surface area contributed by atoms with Crippen LogP contribution in [0.2, 0.25) is 0 Å². The molecular weight excluding hydrogens is 354 g/mol. The highest BCUT2D eigenvalue weighted by atomic mass is 32.1. The largest absolute Gasteiger partial charge is 0.482 e. The number of carbonyl (C=O) groups is 2. The molecule has 0 spiro atoms. The Bertz CT molecular complexity index is 942. The number of hydrogen-bond acceptors (Lipinski definition) is 5. The third-order valence-corrected chi connectivity index (χ3v) is 4.61. The van der Waals surface area contributed by atoms with Crippen molar-refractivity contribution in [1.82, 2.24) is 4.98 Å². The average molecular weight is 369 g/mol. The Labute approximate surface area is 153 Å². The zero-order chi connectivity index (χ0) is 18.5. The summed E-state index contributed by atoms with van der Waals surface area (Å²) in [5.74, 6) is -1.55. The lowest BCUT2D eigenvalue weighted by molar-refractivity contribution is -0.139. The van der Waals surface area contributed by atoms with Gasteiger partial charge in [-0.15, -0.1) is 11.3 Å². The number of aliphatic carboxylic acids is 2. The lowest BCUT2D eigenvalue weighted by Gasteiger charge is -2.04. The molecule has 0 unspecified atom stereocenters. The number of para-hydroxylation sites is 1. The third-order valence-electron chi connectivity index (χ3n) is 3.49. The standard InChI is InChI=1S/C19H15NO5S/c21-17(22)10-13(19-20-15-3-1-2-4-16(15)26-19)9-12-5-7-14(8-6-12)25-11-18(23)24/h1-9H,10-11H2,(H,21,22)(H,23,24)/b13-9+. The summed E-state index contributed by atoms with van der Waals surface area (Å²) in [5, 5.41) is 18.5. The zero-order valence-corrected chi connectivity index (χ0v) is 14.4. The number of carboxylic acids is 2. The molecule has 3 aromatic rings. The minimum atomic E-state index is -1.05. The SMILES string of the molecule is O=C(O)COc1ccc(/C=C(\CC(=O)O)c2nc3ccccc3s2)cc1. The average Bonchev–Trinajstić information content (AvgIpc) is 3.04. The van der Waals surface area contributed by atoms with Crippen molar-refractivity contribution < 1.29 is 24.5 Å². The van der Waals surface area contributed by atoms with E-state index in [1.54, 1.807) is 30.3 Å². The Kier molecular flexibility index (Phi) is 5.28. The number of carboxylic acid groups (broad SMARTS) is 2. The van der Waals surface area contributed by atoms with Gasteiger partial charge in [-0.2, -0.15) is 0 Å². The van der Waals surface area contributed by atoms with Crippen LogP contribution < -0.4 is 4.74 Å². The fraction of sp³-hybridized carbons (Fsp3) is 0.105. The van der Waals surface area contributed by atoms with E-state index in [-0.39, 0.29) is 6.42 Å². The number of aromatic nitrogens is 1. The number of ether oxygens (including phenoxy) is 1. The summed E-state index contributed by atoms with van der Waals surface area (Å²) < 4.78 is 6.09. The second-order valence-electron chi connectivity index (χ2n) is 5.48. The Morgan fingerprint density at radius 2 is 1.77 bits per heavy atom. The summed E-state index contributed by atoms with van der Waals surface area (Å²) in [6.07, 6.45) is 1.63. The predicted octanol–water partition coefficient (Wildman–Crippen LogP) is 3.78. The topological polar surface area (TPSA) is 96.7 Å². The van der Waals surface area contributed by atoms with E-state index in [9.17, 15) is 14.7 Å². The van der Waals surface area contributed by atoms with Crippen LogP contribution in [-0.4, -0.2) is 33.7 Å². The predicted molar refractivity (Wildman–Crippen MR) is 99.3 cm³/mol. The van der Waals surface area contributed by atoms with Gasteiger partial charge in [0.1, 0.15) is 10.8 Å². The van der Waals surface area contributed by atoms with Crippen molar-refractivity contribution in [2.45, 2.75) is 6.42 Å². The highest BCUT2D eigenvalue weighted by molar-refractivity contribution is 7.19. The normalized spacial score (nSPS) is 11.5. The maximum Gasteiger partial charge on any atom is 0.341 e. The molecule has 132 valence electrons. The van der Waals surface area contributed by atoms with Gasteiger partial charge in [0.25, 0.3) is 0 Å². The molecule has 0 fully saturated rings. The van der Waals surface area contributed by atoms with Gasteiger partial charge in [-0.3, -0.25) is 4.79 Å². The molecule has 0 radical (unpaired) electrons. The van der Waals surface area contributed by atoms with E-state index in [1.165, 1.54) is 11.3 Å². The molecule has 0 aliphatic carbocycles. The molecule has 0 atom stereocenters. The molecule has 2 aromatic carbocycles. The van der Waals surface area contributed by atoms with Gasteiger partial charge in [0.15, 0.2) is 6.61 Å². The van der Waals surface area contributed by atoms with Crippen LogP contribution in [0.5, 0.6) is 5.75 Å². The first kappa shape index (κ1) is 17.6. The minimum absolute atomic E-state index is 0.142. The van der Waals surface area contributed by atoms with E-state index in [2.05, 4.69) is 4.98 Å². The highest BCUT2D eigenvalue weighted by Gasteiger charge is 2.12. The minimum Gasteiger partial charge on any atom is -0.482 e. The van der Waals surface area contributed by atoms with Crippen LogP contribution in [0.25, 0.3) is 21.9 Å². The quantitative estimate of drug-likeness (QED) is 0.658. The molecule has 1 aromatic heterocycles. The van der Waals surface area contributed by atoms with E-state index >= 15 is 0 Å². The Hall–Kier alpha value is -3.19. The number of nitrogens with zero attached hydrogens (tertiary/aromatic N) is 1. The first-order valence-corrected chi connectivity index (χ1v) is 8.56. The summed E-state index contributed by atoms with van der Waals surface area (Å²) in [5.41, 5.74) is 2.22. The van der Waals surface area contributed by atoms with E-state index in [4.69, 9.17) is 9.84 Å². The van der Waals surface area contributed by atoms with Crippen molar-refractivity contribution in [3.05, 3.63) is 59.1 Å². The molecule has 0 aliphatic heterocycles. The van der Waals surface area contributed by atoms with Crippen molar-refractivity contribution in [2.24, 2.45) is 0 Å². The maximum absolute atomic E-state index is 11.3. The van der Waals surface area contributed by atoms with Gasteiger partial charge in [0.05, 0.1) is 16.6 Å². The van der Waals surface area contributed by atoms with Gasteiger partial charge >= 0.3 is 11.9 Å². The lowest BCUT2D eigenvalue weighted by atomic mass is 10.1. The van der Waals surface area contributed by atoms with Gasteiger partial charge < -0.3 is 14.9 Å². The first-order valence-electron chi connectivity index (χ1n) is 7.74. The molecule has 6 nitrogen and oxygen atoms in total. The van der Waals surface area contributed by atoms with E-state index < -0.39 is 18.5 Å². The van der Waals surface area contributed by atoms with Crippen molar-refractivity contribution in [2.75, 3.05) is 6.61 Å². The Balaban J connectivity index is 1.89. The van der Waals surface area contributed by atoms with Crippen LogP contribution in [0, 0.1) is 0 Å². The van der Waals surface area contributed by atoms with Crippen LogP contribution >= 0.6 is 11.3 Å². The number of hydrogen-bond donors (Lipinski definition) is 2. The molecule has 26 heavy (non-hydrogen) atoms. The molecule has 0 aliphatic rings. The molecule has 0 amide bonds. The fourth-order valence-corrected chi connectivity index (χ4v) is 3.35. The van der Waals surface area contributed by atoms with Crippen molar-refractivity contribution in [3.8, 4) is 5.75 Å². The summed E-state index contributed by atoms with van der Waals surface area (Å²) in [6.45, 7) is -0.412. The van der Waals surface area contributed by atoms with Crippen molar-refractivity contribution in [3.63, 3.8) is 0 Å². The Morgan fingerprint density at radius 1 is 1.04 bits per heavy atom. The number of thiazole rings is 1. The first-order chi connectivity index (χ1) is 12.5. The molecule has 0 saturated heterocycles. The van der Waals surface area contributed by atoms with Gasteiger partial charge in [0, 0.05) is 0 Å². The van der Waals surface area contributed by atoms with E-state index in [0.717, 1.165) is 15.8 Å². The van der Waals surface area contributed by atoms with Crippen molar-refractivity contribution in [1.29, 1.82) is 0 Å².